The highest BCUT2D eigenvalue weighted by molar-refractivity contribution is 7.71. The summed E-state index contributed by atoms with van der Waals surface area (Å²) in [6.45, 7) is 5.08. The molecule has 1 aromatic heterocycles. The molecule has 3 heterocycles. The zero-order valence-corrected chi connectivity index (χ0v) is 18.0. The van der Waals surface area contributed by atoms with Crippen molar-refractivity contribution >= 4 is 35.8 Å². The molecule has 2 aliphatic heterocycles. The van der Waals surface area contributed by atoms with Crippen molar-refractivity contribution in [3.8, 4) is 0 Å². The van der Waals surface area contributed by atoms with Crippen molar-refractivity contribution in [2.45, 2.75) is 45.1 Å². The van der Waals surface area contributed by atoms with Gasteiger partial charge in [0, 0.05) is 50.3 Å². The summed E-state index contributed by atoms with van der Waals surface area (Å²) in [7, 11) is 0. The van der Waals surface area contributed by atoms with Gasteiger partial charge in [0.25, 0.3) is 0 Å². The van der Waals surface area contributed by atoms with E-state index in [1.807, 2.05) is 44.7 Å². The van der Waals surface area contributed by atoms with Crippen molar-refractivity contribution in [2.24, 2.45) is 0 Å². The smallest absolute Gasteiger partial charge is 0.246 e. The number of carbonyl (C=O) groups excluding carboxylic acids is 2. The molecule has 4 rings (SSSR count). The molecular formula is C22H27N5O2S. The number of nitrogens with zero attached hydrogens (tertiary/aromatic N) is 4. The highest BCUT2D eigenvalue weighted by Gasteiger charge is 2.26. The van der Waals surface area contributed by atoms with Gasteiger partial charge < -0.3 is 14.4 Å². The predicted octanol–water partition coefficient (Wildman–Crippen LogP) is 3.51. The number of likely N-dealkylation sites (tertiary alicyclic amines) is 1. The molecule has 1 N–H and O–H groups in total. The van der Waals surface area contributed by atoms with Crippen molar-refractivity contribution in [3.05, 3.63) is 46.5 Å². The molecule has 0 aliphatic carbocycles. The van der Waals surface area contributed by atoms with Gasteiger partial charge in [-0.1, -0.05) is 12.1 Å². The van der Waals surface area contributed by atoms with Crippen LogP contribution in [-0.4, -0.2) is 51.1 Å². The van der Waals surface area contributed by atoms with Crippen LogP contribution >= 0.6 is 12.2 Å². The van der Waals surface area contributed by atoms with Crippen molar-refractivity contribution in [3.63, 3.8) is 0 Å². The van der Waals surface area contributed by atoms with Crippen LogP contribution in [0.3, 0.4) is 0 Å². The van der Waals surface area contributed by atoms with Crippen LogP contribution in [0.5, 0.6) is 0 Å². The number of hydrogen-bond donors (Lipinski definition) is 1. The van der Waals surface area contributed by atoms with E-state index in [1.54, 1.807) is 6.08 Å². The van der Waals surface area contributed by atoms with Gasteiger partial charge in [-0.15, -0.1) is 0 Å². The first kappa shape index (κ1) is 20.5. The van der Waals surface area contributed by atoms with E-state index in [9.17, 15) is 9.59 Å². The van der Waals surface area contributed by atoms with Crippen LogP contribution < -0.4 is 4.90 Å². The topological polar surface area (TPSA) is 74.2 Å². The second-order valence-electron chi connectivity index (χ2n) is 7.80. The molecule has 158 valence electrons. The van der Waals surface area contributed by atoms with Gasteiger partial charge in [0.2, 0.25) is 11.8 Å². The minimum Gasteiger partial charge on any atom is -0.339 e. The van der Waals surface area contributed by atoms with Gasteiger partial charge in [-0.05, 0) is 62.2 Å². The van der Waals surface area contributed by atoms with Crippen molar-refractivity contribution in [2.75, 3.05) is 24.5 Å². The average molecular weight is 426 g/mol. The Balaban J connectivity index is 1.33. The molecule has 7 nitrogen and oxygen atoms in total. The summed E-state index contributed by atoms with van der Waals surface area (Å²) < 4.78 is 2.70. The maximum atomic E-state index is 12.6. The predicted molar refractivity (Wildman–Crippen MR) is 119 cm³/mol. The van der Waals surface area contributed by atoms with Gasteiger partial charge in [0.1, 0.15) is 5.82 Å². The van der Waals surface area contributed by atoms with E-state index in [1.165, 1.54) is 0 Å². The molecule has 2 aromatic rings. The number of aromatic nitrogens is 3. The number of rotatable bonds is 5. The van der Waals surface area contributed by atoms with Gasteiger partial charge in [0.05, 0.1) is 0 Å². The molecule has 8 heteroatoms. The van der Waals surface area contributed by atoms with Crippen LogP contribution in [0.4, 0.5) is 5.69 Å². The lowest BCUT2D eigenvalue weighted by Crippen LogP contribution is -2.37. The highest BCUT2D eigenvalue weighted by atomic mass is 32.1. The SMILES string of the molecule is CCn1c(C2CCN(C(=O)C=Cc3ccc(N4CCCC4=O)cc3)CC2)n[nH]c1=S. The summed E-state index contributed by atoms with van der Waals surface area (Å²) in [5.41, 5.74) is 1.88. The molecule has 0 saturated carbocycles. The Labute approximate surface area is 181 Å². The van der Waals surface area contributed by atoms with Crippen LogP contribution in [-0.2, 0) is 16.1 Å². The van der Waals surface area contributed by atoms with Gasteiger partial charge >= 0.3 is 0 Å². The van der Waals surface area contributed by atoms with Crippen molar-refractivity contribution < 1.29 is 9.59 Å². The number of amides is 2. The summed E-state index contributed by atoms with van der Waals surface area (Å²) in [5.74, 6) is 1.54. The average Bonchev–Trinajstić information content (AvgIpc) is 3.37. The van der Waals surface area contributed by atoms with E-state index in [2.05, 4.69) is 17.1 Å². The number of piperidine rings is 1. The Bertz CT molecular complexity index is 999. The lowest BCUT2D eigenvalue weighted by atomic mass is 9.96. The second-order valence-corrected chi connectivity index (χ2v) is 8.19. The molecule has 0 bridgehead atoms. The molecule has 0 radical (unpaired) electrons. The van der Waals surface area contributed by atoms with Gasteiger partial charge in [-0.3, -0.25) is 14.7 Å². The first-order valence-electron chi connectivity index (χ1n) is 10.6. The van der Waals surface area contributed by atoms with Crippen LogP contribution in [0.15, 0.2) is 30.3 Å². The standard InChI is InChI=1S/C22H27N5O2S/c1-2-26-21(23-24-22(26)30)17-11-14-25(15-12-17)19(28)10-7-16-5-8-18(9-6-16)27-13-3-4-20(27)29/h5-10,17H,2-4,11-15H2,1H3,(H,24,30). The largest absolute Gasteiger partial charge is 0.339 e. The van der Waals surface area contributed by atoms with E-state index in [0.29, 0.717) is 30.2 Å². The maximum Gasteiger partial charge on any atom is 0.246 e. The highest BCUT2D eigenvalue weighted by Crippen LogP contribution is 2.27. The van der Waals surface area contributed by atoms with E-state index in [0.717, 1.165) is 49.4 Å². The number of aromatic amines is 1. The molecule has 2 fully saturated rings. The lowest BCUT2D eigenvalue weighted by molar-refractivity contribution is -0.127. The summed E-state index contributed by atoms with van der Waals surface area (Å²) >= 11 is 5.28. The maximum absolute atomic E-state index is 12.6. The Kier molecular flexibility index (Phi) is 6.13. The third-order valence-electron chi connectivity index (χ3n) is 5.97. The Morgan fingerprint density at radius 3 is 2.60 bits per heavy atom. The summed E-state index contributed by atoms with van der Waals surface area (Å²) in [6, 6.07) is 7.78. The monoisotopic (exact) mass is 425 g/mol. The van der Waals surface area contributed by atoms with Crippen LogP contribution in [0, 0.1) is 4.77 Å². The second kappa shape index (κ2) is 8.95. The van der Waals surface area contributed by atoms with E-state index < -0.39 is 0 Å². The Morgan fingerprint density at radius 1 is 1.23 bits per heavy atom. The molecule has 0 unspecified atom stereocenters. The normalized spacial score (nSPS) is 18.0. The molecule has 0 atom stereocenters. The Morgan fingerprint density at radius 2 is 1.97 bits per heavy atom. The minimum atomic E-state index is 0.0293. The quantitative estimate of drug-likeness (QED) is 0.588. The molecule has 2 amide bonds. The molecule has 0 spiro atoms. The first-order chi connectivity index (χ1) is 14.6. The fourth-order valence-corrected chi connectivity index (χ4v) is 4.53. The van der Waals surface area contributed by atoms with Crippen LogP contribution in [0.2, 0.25) is 0 Å². The van der Waals surface area contributed by atoms with E-state index >= 15 is 0 Å². The summed E-state index contributed by atoms with van der Waals surface area (Å²) in [4.78, 5) is 28.2. The molecule has 30 heavy (non-hydrogen) atoms. The van der Waals surface area contributed by atoms with E-state index in [4.69, 9.17) is 12.2 Å². The number of anilines is 1. The minimum absolute atomic E-state index is 0.0293. The summed E-state index contributed by atoms with van der Waals surface area (Å²) in [5, 5.41) is 7.28. The number of nitrogens with one attached hydrogen (secondary N) is 1. The molecular weight excluding hydrogens is 398 g/mol. The van der Waals surface area contributed by atoms with Gasteiger partial charge in [-0.2, -0.15) is 5.10 Å². The third-order valence-corrected chi connectivity index (χ3v) is 6.28. The van der Waals surface area contributed by atoms with Gasteiger partial charge in [-0.25, -0.2) is 0 Å². The zero-order chi connectivity index (χ0) is 21.1. The molecule has 2 aliphatic rings. The fourth-order valence-electron chi connectivity index (χ4n) is 4.26. The number of H-pyrrole nitrogens is 1. The van der Waals surface area contributed by atoms with Crippen molar-refractivity contribution in [1.29, 1.82) is 0 Å². The number of benzene rings is 1. The zero-order valence-electron chi connectivity index (χ0n) is 17.2. The molecule has 1 aromatic carbocycles. The fraction of sp³-hybridized carbons (Fsp3) is 0.455. The Hall–Kier alpha value is -2.74. The van der Waals surface area contributed by atoms with E-state index in [-0.39, 0.29) is 11.8 Å². The number of carbonyl (C=O) groups is 2. The van der Waals surface area contributed by atoms with Gasteiger partial charge in [0.15, 0.2) is 4.77 Å². The molecule has 2 saturated heterocycles. The van der Waals surface area contributed by atoms with Crippen LogP contribution in [0.1, 0.15) is 49.9 Å². The summed E-state index contributed by atoms with van der Waals surface area (Å²) in [6.07, 6.45) is 6.79. The lowest BCUT2D eigenvalue weighted by Gasteiger charge is -2.31. The first-order valence-corrected chi connectivity index (χ1v) is 11.0. The van der Waals surface area contributed by atoms with Crippen molar-refractivity contribution in [1.82, 2.24) is 19.7 Å². The third kappa shape index (κ3) is 4.23. The number of hydrogen-bond acceptors (Lipinski definition) is 4. The van der Waals surface area contributed by atoms with Crippen LogP contribution in [0.25, 0.3) is 6.08 Å².